The van der Waals surface area contributed by atoms with E-state index in [1.165, 1.54) is 5.56 Å². The molecule has 0 amide bonds. The molecule has 2 unspecified atom stereocenters. The lowest BCUT2D eigenvalue weighted by molar-refractivity contribution is -0.0381. The first-order valence-corrected chi connectivity index (χ1v) is 6.87. The van der Waals surface area contributed by atoms with Gasteiger partial charge in [-0.05, 0) is 25.6 Å². The predicted octanol–water partition coefficient (Wildman–Crippen LogP) is 1.54. The van der Waals surface area contributed by atoms with Crippen molar-refractivity contribution in [2.45, 2.75) is 25.5 Å². The molecule has 3 nitrogen and oxygen atoms in total. The monoisotopic (exact) mass is 248 g/mol. The summed E-state index contributed by atoms with van der Waals surface area (Å²) in [4.78, 5) is 2.35. The first-order chi connectivity index (χ1) is 8.79. The third-order valence-electron chi connectivity index (χ3n) is 3.51. The summed E-state index contributed by atoms with van der Waals surface area (Å²) in [5, 5.41) is 3.57. The maximum Gasteiger partial charge on any atom is 0.0858 e. The highest BCUT2D eigenvalue weighted by Gasteiger charge is 2.26. The van der Waals surface area contributed by atoms with Crippen LogP contribution in [0.1, 0.15) is 12.5 Å². The minimum Gasteiger partial charge on any atom is -0.374 e. The van der Waals surface area contributed by atoms with E-state index in [-0.39, 0.29) is 0 Å². The summed E-state index contributed by atoms with van der Waals surface area (Å²) < 4.78 is 5.93. The lowest BCUT2D eigenvalue weighted by Gasteiger charge is -2.35. The van der Waals surface area contributed by atoms with E-state index < -0.39 is 0 Å². The summed E-state index contributed by atoms with van der Waals surface area (Å²) in [7, 11) is 2.17. The van der Waals surface area contributed by atoms with Gasteiger partial charge in [-0.15, -0.1) is 0 Å². The van der Waals surface area contributed by atoms with Crippen LogP contribution in [-0.2, 0) is 11.2 Å². The molecule has 0 saturated carbocycles. The molecule has 1 aliphatic heterocycles. The number of rotatable bonds is 5. The summed E-state index contributed by atoms with van der Waals surface area (Å²) in [5.74, 6) is 0. The van der Waals surface area contributed by atoms with Crippen molar-refractivity contribution < 1.29 is 4.74 Å². The van der Waals surface area contributed by atoms with Gasteiger partial charge in [0.25, 0.3) is 0 Å². The van der Waals surface area contributed by atoms with E-state index in [2.05, 4.69) is 54.5 Å². The van der Waals surface area contributed by atoms with Crippen LogP contribution >= 0.6 is 0 Å². The summed E-state index contributed by atoms with van der Waals surface area (Å²) in [6, 6.07) is 11.1. The maximum atomic E-state index is 5.93. The lowest BCUT2D eigenvalue weighted by atomic mass is 10.00. The largest absolute Gasteiger partial charge is 0.374 e. The number of hydrogen-bond acceptors (Lipinski definition) is 3. The van der Waals surface area contributed by atoms with Crippen molar-refractivity contribution in [2.75, 3.05) is 33.3 Å². The molecule has 2 rings (SSSR count). The van der Waals surface area contributed by atoms with Crippen molar-refractivity contribution in [2.24, 2.45) is 0 Å². The fourth-order valence-corrected chi connectivity index (χ4v) is 2.52. The quantitative estimate of drug-likeness (QED) is 0.855. The first-order valence-electron chi connectivity index (χ1n) is 6.87. The minimum absolute atomic E-state index is 0.295. The number of nitrogens with zero attached hydrogens (tertiary/aromatic N) is 1. The third-order valence-corrected chi connectivity index (χ3v) is 3.51. The smallest absolute Gasteiger partial charge is 0.0858 e. The van der Waals surface area contributed by atoms with E-state index in [1.807, 2.05) is 0 Å². The number of nitrogens with one attached hydrogen (secondary N) is 1. The molecule has 0 bridgehead atoms. The van der Waals surface area contributed by atoms with Gasteiger partial charge < -0.3 is 15.0 Å². The standard InChI is InChI=1S/C15H24N2O/c1-3-16-14(11-13-7-5-4-6-8-13)15-12-17(2)9-10-18-15/h4-8,14-16H,3,9-12H2,1-2H3. The molecule has 1 saturated heterocycles. The topological polar surface area (TPSA) is 24.5 Å². The van der Waals surface area contributed by atoms with Gasteiger partial charge in [-0.2, -0.15) is 0 Å². The summed E-state index contributed by atoms with van der Waals surface area (Å²) >= 11 is 0. The summed E-state index contributed by atoms with van der Waals surface area (Å²) in [6.07, 6.45) is 1.33. The Kier molecular flexibility index (Phi) is 5.17. The fourth-order valence-electron chi connectivity index (χ4n) is 2.52. The first kappa shape index (κ1) is 13.5. The number of morpholine rings is 1. The van der Waals surface area contributed by atoms with Crippen LogP contribution in [0.4, 0.5) is 0 Å². The molecule has 18 heavy (non-hydrogen) atoms. The highest BCUT2D eigenvalue weighted by atomic mass is 16.5. The van der Waals surface area contributed by atoms with Crippen LogP contribution in [-0.4, -0.2) is 50.3 Å². The van der Waals surface area contributed by atoms with Crippen molar-refractivity contribution in [1.29, 1.82) is 0 Å². The van der Waals surface area contributed by atoms with Crippen LogP contribution in [0, 0.1) is 0 Å². The fraction of sp³-hybridized carbons (Fsp3) is 0.600. The highest BCUT2D eigenvalue weighted by Crippen LogP contribution is 2.12. The van der Waals surface area contributed by atoms with Crippen LogP contribution in [0.15, 0.2) is 30.3 Å². The van der Waals surface area contributed by atoms with Crippen LogP contribution in [0.5, 0.6) is 0 Å². The van der Waals surface area contributed by atoms with E-state index in [9.17, 15) is 0 Å². The molecule has 100 valence electrons. The zero-order valence-corrected chi connectivity index (χ0v) is 11.4. The van der Waals surface area contributed by atoms with Gasteiger partial charge in [0.1, 0.15) is 0 Å². The lowest BCUT2D eigenvalue weighted by Crippen LogP contribution is -2.52. The Bertz CT molecular complexity index is 342. The SMILES string of the molecule is CCNC(Cc1ccccc1)C1CN(C)CCO1. The van der Waals surface area contributed by atoms with Gasteiger partial charge in [0.05, 0.1) is 12.7 Å². The molecular weight excluding hydrogens is 224 g/mol. The summed E-state index contributed by atoms with van der Waals surface area (Å²) in [5.41, 5.74) is 1.38. The zero-order valence-electron chi connectivity index (χ0n) is 11.4. The normalized spacial score (nSPS) is 22.9. The second kappa shape index (κ2) is 6.88. The third kappa shape index (κ3) is 3.80. The molecular formula is C15H24N2O. The van der Waals surface area contributed by atoms with Gasteiger partial charge in [-0.1, -0.05) is 37.3 Å². The van der Waals surface area contributed by atoms with Gasteiger partial charge >= 0.3 is 0 Å². The number of likely N-dealkylation sites (N-methyl/N-ethyl adjacent to an activating group) is 2. The number of ether oxygens (including phenoxy) is 1. The van der Waals surface area contributed by atoms with Crippen molar-refractivity contribution in [3.63, 3.8) is 0 Å². The van der Waals surface area contributed by atoms with Gasteiger partial charge in [-0.25, -0.2) is 0 Å². The molecule has 0 spiro atoms. The van der Waals surface area contributed by atoms with E-state index in [1.54, 1.807) is 0 Å². The van der Waals surface area contributed by atoms with Crippen molar-refractivity contribution in [1.82, 2.24) is 10.2 Å². The molecule has 1 aromatic carbocycles. The Morgan fingerprint density at radius 1 is 1.39 bits per heavy atom. The second-order valence-electron chi connectivity index (χ2n) is 5.03. The van der Waals surface area contributed by atoms with Crippen LogP contribution in [0.3, 0.4) is 0 Å². The average molecular weight is 248 g/mol. The molecule has 2 atom stereocenters. The van der Waals surface area contributed by atoms with Crippen molar-refractivity contribution in [3.8, 4) is 0 Å². The zero-order chi connectivity index (χ0) is 12.8. The molecule has 0 aromatic heterocycles. The van der Waals surface area contributed by atoms with Crippen LogP contribution in [0.25, 0.3) is 0 Å². The molecule has 0 radical (unpaired) electrons. The molecule has 3 heteroatoms. The van der Waals surface area contributed by atoms with Gasteiger partial charge in [0.15, 0.2) is 0 Å². The Hall–Kier alpha value is -0.900. The second-order valence-corrected chi connectivity index (χ2v) is 5.03. The highest BCUT2D eigenvalue weighted by molar-refractivity contribution is 5.16. The Labute approximate surface area is 110 Å². The Morgan fingerprint density at radius 2 is 2.17 bits per heavy atom. The predicted molar refractivity (Wildman–Crippen MR) is 74.8 cm³/mol. The van der Waals surface area contributed by atoms with Gasteiger partial charge in [-0.3, -0.25) is 0 Å². The van der Waals surface area contributed by atoms with Gasteiger partial charge in [0, 0.05) is 19.1 Å². The summed E-state index contributed by atoms with van der Waals surface area (Å²) in [6.45, 7) is 6.05. The van der Waals surface area contributed by atoms with Crippen molar-refractivity contribution in [3.05, 3.63) is 35.9 Å². The molecule has 1 aliphatic rings. The molecule has 1 fully saturated rings. The maximum absolute atomic E-state index is 5.93. The van der Waals surface area contributed by atoms with E-state index in [0.717, 1.165) is 32.7 Å². The van der Waals surface area contributed by atoms with E-state index >= 15 is 0 Å². The molecule has 0 aliphatic carbocycles. The Balaban J connectivity index is 1.98. The molecule has 1 N–H and O–H groups in total. The van der Waals surface area contributed by atoms with Crippen molar-refractivity contribution >= 4 is 0 Å². The Morgan fingerprint density at radius 3 is 2.83 bits per heavy atom. The molecule has 1 heterocycles. The van der Waals surface area contributed by atoms with Crippen LogP contribution < -0.4 is 5.32 Å². The van der Waals surface area contributed by atoms with Gasteiger partial charge in [0.2, 0.25) is 0 Å². The van der Waals surface area contributed by atoms with Crippen LogP contribution in [0.2, 0.25) is 0 Å². The number of benzene rings is 1. The van der Waals surface area contributed by atoms with E-state index in [4.69, 9.17) is 4.74 Å². The minimum atomic E-state index is 0.295. The number of hydrogen-bond donors (Lipinski definition) is 1. The van der Waals surface area contributed by atoms with E-state index in [0.29, 0.717) is 12.1 Å². The molecule has 1 aromatic rings. The average Bonchev–Trinajstić information content (AvgIpc) is 2.39.